The molecule has 134 valence electrons. The van der Waals surface area contributed by atoms with E-state index in [0.717, 1.165) is 6.07 Å². The summed E-state index contributed by atoms with van der Waals surface area (Å²) in [5.74, 6) is 1.28. The molecule has 5 nitrogen and oxygen atoms in total. The standard InChI is InChI=1S/C17H17F3N2O3/c1-24-12-6-8-13(9-7-12)25-11-10-21-16(23)22-15-5-3-2-4-14(15)17(18,19)20/h2-9H,10-11H2,1H3,(H2,21,22,23). The van der Waals surface area contributed by atoms with E-state index in [2.05, 4.69) is 10.6 Å². The van der Waals surface area contributed by atoms with E-state index in [0.29, 0.717) is 11.5 Å². The number of urea groups is 1. The summed E-state index contributed by atoms with van der Waals surface area (Å²) in [6.07, 6.45) is -4.54. The van der Waals surface area contributed by atoms with Crippen molar-refractivity contribution in [1.82, 2.24) is 5.32 Å². The molecule has 2 amide bonds. The van der Waals surface area contributed by atoms with Gasteiger partial charge in [0.05, 0.1) is 24.9 Å². The number of rotatable bonds is 6. The van der Waals surface area contributed by atoms with Gasteiger partial charge in [-0.3, -0.25) is 0 Å². The Labute approximate surface area is 142 Å². The highest BCUT2D eigenvalue weighted by molar-refractivity contribution is 5.90. The van der Waals surface area contributed by atoms with Gasteiger partial charge >= 0.3 is 12.2 Å². The fourth-order valence-electron chi connectivity index (χ4n) is 2.01. The monoisotopic (exact) mass is 354 g/mol. The molecule has 0 aromatic heterocycles. The van der Waals surface area contributed by atoms with Crippen LogP contribution >= 0.6 is 0 Å². The van der Waals surface area contributed by atoms with Crippen molar-refractivity contribution < 1.29 is 27.4 Å². The third kappa shape index (κ3) is 5.59. The zero-order chi connectivity index (χ0) is 18.3. The lowest BCUT2D eigenvalue weighted by Gasteiger charge is -2.14. The van der Waals surface area contributed by atoms with Crippen LogP contribution in [-0.4, -0.2) is 26.3 Å². The lowest BCUT2D eigenvalue weighted by atomic mass is 10.1. The molecule has 0 aliphatic heterocycles. The van der Waals surface area contributed by atoms with E-state index in [9.17, 15) is 18.0 Å². The highest BCUT2D eigenvalue weighted by atomic mass is 19.4. The van der Waals surface area contributed by atoms with Gasteiger partial charge in [0.1, 0.15) is 18.1 Å². The molecule has 8 heteroatoms. The third-order valence-electron chi connectivity index (χ3n) is 3.20. The number of carbonyl (C=O) groups excluding carboxylic acids is 1. The van der Waals surface area contributed by atoms with Crippen LogP contribution < -0.4 is 20.1 Å². The van der Waals surface area contributed by atoms with Gasteiger partial charge in [0.15, 0.2) is 0 Å². The molecule has 0 spiro atoms. The lowest BCUT2D eigenvalue weighted by Crippen LogP contribution is -2.32. The molecule has 0 saturated heterocycles. The number of methoxy groups -OCH3 is 1. The van der Waals surface area contributed by atoms with Gasteiger partial charge in [-0.25, -0.2) is 4.79 Å². The van der Waals surface area contributed by atoms with Gasteiger partial charge in [-0.1, -0.05) is 12.1 Å². The molecule has 0 aliphatic rings. The maximum atomic E-state index is 12.8. The molecule has 2 N–H and O–H groups in total. The average molecular weight is 354 g/mol. The minimum atomic E-state index is -4.54. The largest absolute Gasteiger partial charge is 0.497 e. The Morgan fingerprint density at radius 2 is 1.68 bits per heavy atom. The van der Waals surface area contributed by atoms with E-state index < -0.39 is 17.8 Å². The number of hydrogen-bond donors (Lipinski definition) is 2. The molecule has 2 aromatic carbocycles. The van der Waals surface area contributed by atoms with Crippen molar-refractivity contribution >= 4 is 11.7 Å². The Bertz CT molecular complexity index is 703. The van der Waals surface area contributed by atoms with Crippen LogP contribution in [0.2, 0.25) is 0 Å². The quantitative estimate of drug-likeness (QED) is 0.773. The number of anilines is 1. The molecular weight excluding hydrogens is 337 g/mol. The highest BCUT2D eigenvalue weighted by Gasteiger charge is 2.33. The number of benzene rings is 2. The summed E-state index contributed by atoms with van der Waals surface area (Å²) >= 11 is 0. The predicted molar refractivity (Wildman–Crippen MR) is 87.0 cm³/mol. The molecule has 0 radical (unpaired) electrons. The van der Waals surface area contributed by atoms with Crippen molar-refractivity contribution in [3.05, 3.63) is 54.1 Å². The number of hydrogen-bond acceptors (Lipinski definition) is 3. The lowest BCUT2D eigenvalue weighted by molar-refractivity contribution is -0.136. The zero-order valence-electron chi connectivity index (χ0n) is 13.4. The Morgan fingerprint density at radius 3 is 2.32 bits per heavy atom. The molecule has 2 aromatic rings. The molecule has 0 unspecified atom stereocenters. The van der Waals surface area contributed by atoms with Crippen molar-refractivity contribution in [3.8, 4) is 11.5 Å². The molecule has 0 bridgehead atoms. The molecule has 0 saturated carbocycles. The topological polar surface area (TPSA) is 59.6 Å². The molecule has 0 fully saturated rings. The van der Waals surface area contributed by atoms with Crippen LogP contribution in [0.25, 0.3) is 0 Å². The van der Waals surface area contributed by atoms with Crippen LogP contribution in [0, 0.1) is 0 Å². The average Bonchev–Trinajstić information content (AvgIpc) is 2.59. The third-order valence-corrected chi connectivity index (χ3v) is 3.20. The van der Waals surface area contributed by atoms with Crippen LogP contribution in [0.5, 0.6) is 11.5 Å². The van der Waals surface area contributed by atoms with E-state index in [4.69, 9.17) is 9.47 Å². The number of nitrogens with one attached hydrogen (secondary N) is 2. The fraction of sp³-hybridized carbons (Fsp3) is 0.235. The Hall–Kier alpha value is -2.90. The first kappa shape index (κ1) is 18.4. The van der Waals surface area contributed by atoms with Crippen LogP contribution in [0.1, 0.15) is 5.56 Å². The van der Waals surface area contributed by atoms with Crippen molar-refractivity contribution in [3.63, 3.8) is 0 Å². The van der Waals surface area contributed by atoms with Gasteiger partial charge in [-0.15, -0.1) is 0 Å². The van der Waals surface area contributed by atoms with E-state index >= 15 is 0 Å². The van der Waals surface area contributed by atoms with Gasteiger partial charge in [-0.05, 0) is 36.4 Å². The SMILES string of the molecule is COc1ccc(OCCNC(=O)Nc2ccccc2C(F)(F)F)cc1. The Morgan fingerprint density at radius 1 is 1.04 bits per heavy atom. The number of para-hydroxylation sites is 1. The maximum Gasteiger partial charge on any atom is 0.418 e. The summed E-state index contributed by atoms with van der Waals surface area (Å²) in [6.45, 7) is 0.298. The van der Waals surface area contributed by atoms with Gasteiger partial charge in [0.2, 0.25) is 0 Å². The van der Waals surface area contributed by atoms with Crippen molar-refractivity contribution in [2.45, 2.75) is 6.18 Å². The summed E-state index contributed by atoms with van der Waals surface area (Å²) in [7, 11) is 1.55. The van der Waals surface area contributed by atoms with E-state index in [1.54, 1.807) is 31.4 Å². The summed E-state index contributed by atoms with van der Waals surface area (Å²) in [5, 5.41) is 4.62. The van der Waals surface area contributed by atoms with Crippen LogP contribution in [0.4, 0.5) is 23.7 Å². The van der Waals surface area contributed by atoms with Crippen LogP contribution in [0.15, 0.2) is 48.5 Å². The van der Waals surface area contributed by atoms with Gasteiger partial charge in [-0.2, -0.15) is 13.2 Å². The Balaban J connectivity index is 1.79. The smallest absolute Gasteiger partial charge is 0.418 e. The summed E-state index contributed by atoms with van der Waals surface area (Å²) in [5.41, 5.74) is -1.21. The van der Waals surface area contributed by atoms with E-state index in [-0.39, 0.29) is 18.8 Å². The second-order valence-electron chi connectivity index (χ2n) is 4.95. The Kier molecular flexibility index (Phi) is 6.10. The molecule has 2 rings (SSSR count). The summed E-state index contributed by atoms with van der Waals surface area (Å²) < 4.78 is 49.0. The fourth-order valence-corrected chi connectivity index (χ4v) is 2.01. The highest BCUT2D eigenvalue weighted by Crippen LogP contribution is 2.34. The van der Waals surface area contributed by atoms with Crippen molar-refractivity contribution in [1.29, 1.82) is 0 Å². The number of halogens is 3. The van der Waals surface area contributed by atoms with E-state index in [1.165, 1.54) is 18.2 Å². The van der Waals surface area contributed by atoms with Gasteiger partial charge in [0.25, 0.3) is 0 Å². The number of carbonyl (C=O) groups is 1. The summed E-state index contributed by atoms with van der Waals surface area (Å²) in [6, 6.07) is 10.9. The minimum Gasteiger partial charge on any atom is -0.497 e. The van der Waals surface area contributed by atoms with Gasteiger partial charge < -0.3 is 20.1 Å². The molecule has 0 aliphatic carbocycles. The molecule has 25 heavy (non-hydrogen) atoms. The zero-order valence-corrected chi connectivity index (χ0v) is 13.4. The first-order chi connectivity index (χ1) is 11.9. The number of ether oxygens (including phenoxy) is 2. The van der Waals surface area contributed by atoms with Crippen LogP contribution in [0.3, 0.4) is 0 Å². The molecule has 0 atom stereocenters. The normalized spacial score (nSPS) is 10.9. The second kappa shape index (κ2) is 8.27. The van der Waals surface area contributed by atoms with Gasteiger partial charge in [0, 0.05) is 0 Å². The maximum absolute atomic E-state index is 12.8. The number of alkyl halides is 3. The predicted octanol–water partition coefficient (Wildman–Crippen LogP) is 3.91. The molecule has 0 heterocycles. The first-order valence-corrected chi connectivity index (χ1v) is 7.38. The minimum absolute atomic E-state index is 0.131. The van der Waals surface area contributed by atoms with Crippen molar-refractivity contribution in [2.75, 3.05) is 25.6 Å². The first-order valence-electron chi connectivity index (χ1n) is 7.38. The summed E-state index contributed by atoms with van der Waals surface area (Å²) in [4.78, 5) is 11.7. The van der Waals surface area contributed by atoms with E-state index in [1.807, 2.05) is 0 Å². The van der Waals surface area contributed by atoms with Crippen LogP contribution in [-0.2, 0) is 6.18 Å². The molecular formula is C17H17F3N2O3. The number of amides is 2. The second-order valence-corrected chi connectivity index (χ2v) is 4.95. The van der Waals surface area contributed by atoms with Crippen molar-refractivity contribution in [2.24, 2.45) is 0 Å².